The van der Waals surface area contributed by atoms with Gasteiger partial charge in [0.2, 0.25) is 5.91 Å². The fourth-order valence-electron chi connectivity index (χ4n) is 1.91. The molecular formula is C11H19NO3. The van der Waals surface area contributed by atoms with Gasteiger partial charge in [0, 0.05) is 13.1 Å². The van der Waals surface area contributed by atoms with E-state index < -0.39 is 5.97 Å². The monoisotopic (exact) mass is 213 g/mol. The number of carbonyl (C=O) groups is 2. The summed E-state index contributed by atoms with van der Waals surface area (Å²) in [6.45, 7) is 5.78. The van der Waals surface area contributed by atoms with Crippen LogP contribution < -0.4 is 0 Å². The molecule has 0 radical (unpaired) electrons. The molecule has 0 saturated carbocycles. The molecule has 86 valence electrons. The third kappa shape index (κ3) is 3.90. The van der Waals surface area contributed by atoms with E-state index in [0.29, 0.717) is 13.1 Å². The molecule has 1 N–H and O–H groups in total. The fraction of sp³-hybridized carbons (Fsp3) is 0.818. The van der Waals surface area contributed by atoms with Gasteiger partial charge in [0.1, 0.15) is 6.42 Å². The van der Waals surface area contributed by atoms with Crippen molar-refractivity contribution in [1.29, 1.82) is 0 Å². The molecule has 0 aromatic rings. The van der Waals surface area contributed by atoms with Crippen molar-refractivity contribution in [3.8, 4) is 0 Å². The summed E-state index contributed by atoms with van der Waals surface area (Å²) in [4.78, 5) is 23.6. The van der Waals surface area contributed by atoms with Crippen LogP contribution in [-0.2, 0) is 9.59 Å². The zero-order chi connectivity index (χ0) is 11.5. The largest absolute Gasteiger partial charge is 0.481 e. The van der Waals surface area contributed by atoms with Gasteiger partial charge in [0.25, 0.3) is 0 Å². The van der Waals surface area contributed by atoms with Crippen molar-refractivity contribution in [2.24, 2.45) is 5.41 Å². The number of carbonyl (C=O) groups excluding carboxylic acids is 1. The average Bonchev–Trinajstić information content (AvgIpc) is 2.25. The number of aliphatic carboxylic acids is 1. The Kier molecular flexibility index (Phi) is 3.72. The number of amides is 1. The topological polar surface area (TPSA) is 57.6 Å². The van der Waals surface area contributed by atoms with E-state index in [1.165, 1.54) is 0 Å². The highest BCUT2D eigenvalue weighted by atomic mass is 16.4. The van der Waals surface area contributed by atoms with E-state index in [-0.39, 0.29) is 17.7 Å². The second-order valence-electron chi connectivity index (χ2n) is 4.97. The van der Waals surface area contributed by atoms with E-state index in [4.69, 9.17) is 5.11 Å². The van der Waals surface area contributed by atoms with Crippen LogP contribution in [0.3, 0.4) is 0 Å². The molecule has 0 aliphatic carbocycles. The van der Waals surface area contributed by atoms with E-state index in [1.807, 2.05) is 0 Å². The number of likely N-dealkylation sites (tertiary alicyclic amines) is 1. The van der Waals surface area contributed by atoms with Crippen LogP contribution in [-0.4, -0.2) is 35.0 Å². The molecule has 1 amide bonds. The average molecular weight is 213 g/mol. The Hall–Kier alpha value is -1.06. The summed E-state index contributed by atoms with van der Waals surface area (Å²) in [5.41, 5.74) is 0.276. The molecule has 0 atom stereocenters. The summed E-state index contributed by atoms with van der Waals surface area (Å²) in [5.74, 6) is -1.29. The number of carboxylic acids is 1. The molecule has 15 heavy (non-hydrogen) atoms. The molecule has 4 heteroatoms. The minimum atomic E-state index is -1.04. The van der Waals surface area contributed by atoms with Crippen LogP contribution in [0.2, 0.25) is 0 Å². The summed E-state index contributed by atoms with van der Waals surface area (Å²) < 4.78 is 0. The maximum Gasteiger partial charge on any atom is 0.312 e. The maximum absolute atomic E-state index is 11.5. The molecule has 0 unspecified atom stereocenters. The molecule has 0 spiro atoms. The van der Waals surface area contributed by atoms with Crippen molar-refractivity contribution < 1.29 is 14.7 Å². The van der Waals surface area contributed by atoms with Gasteiger partial charge in [-0.15, -0.1) is 0 Å². The fourth-order valence-corrected chi connectivity index (χ4v) is 1.91. The third-order valence-electron chi connectivity index (χ3n) is 3.00. The van der Waals surface area contributed by atoms with E-state index >= 15 is 0 Å². The number of rotatable bonds is 2. The third-order valence-corrected chi connectivity index (χ3v) is 3.00. The van der Waals surface area contributed by atoms with Gasteiger partial charge in [-0.1, -0.05) is 13.8 Å². The SMILES string of the molecule is CC1(C)CCCN(C(=O)CC(=O)O)CC1. The number of hydrogen-bond acceptors (Lipinski definition) is 2. The molecule has 1 heterocycles. The van der Waals surface area contributed by atoms with Crippen molar-refractivity contribution in [1.82, 2.24) is 4.90 Å². The Labute approximate surface area is 90.3 Å². The van der Waals surface area contributed by atoms with Crippen LogP contribution in [0.4, 0.5) is 0 Å². The quantitative estimate of drug-likeness (QED) is 0.707. The first kappa shape index (κ1) is 12.0. The lowest BCUT2D eigenvalue weighted by molar-refractivity contribution is -0.144. The summed E-state index contributed by atoms with van der Waals surface area (Å²) >= 11 is 0. The standard InChI is InChI=1S/C11H19NO3/c1-11(2)4-3-6-12(7-5-11)9(13)8-10(14)15/h3-8H2,1-2H3,(H,14,15). The molecular weight excluding hydrogens is 194 g/mol. The summed E-state index contributed by atoms with van der Waals surface area (Å²) in [6, 6.07) is 0. The Morgan fingerprint density at radius 2 is 1.93 bits per heavy atom. The molecule has 1 saturated heterocycles. The summed E-state index contributed by atoms with van der Waals surface area (Å²) in [5, 5.41) is 8.54. The van der Waals surface area contributed by atoms with E-state index in [9.17, 15) is 9.59 Å². The molecule has 4 nitrogen and oxygen atoms in total. The molecule has 1 aliphatic rings. The van der Waals surface area contributed by atoms with Gasteiger partial charge in [0.05, 0.1) is 0 Å². The van der Waals surface area contributed by atoms with Gasteiger partial charge in [-0.3, -0.25) is 9.59 Å². The molecule has 0 aromatic heterocycles. The number of hydrogen-bond donors (Lipinski definition) is 1. The van der Waals surface area contributed by atoms with Gasteiger partial charge >= 0.3 is 5.97 Å². The predicted octanol–water partition coefficient (Wildman–Crippen LogP) is 1.50. The number of nitrogens with zero attached hydrogens (tertiary/aromatic N) is 1. The Morgan fingerprint density at radius 1 is 1.27 bits per heavy atom. The lowest BCUT2D eigenvalue weighted by atomic mass is 9.85. The van der Waals surface area contributed by atoms with Gasteiger partial charge in [0.15, 0.2) is 0 Å². The van der Waals surface area contributed by atoms with Crippen LogP contribution in [0.15, 0.2) is 0 Å². The van der Waals surface area contributed by atoms with Gasteiger partial charge in [-0.25, -0.2) is 0 Å². The molecule has 1 aliphatic heterocycles. The molecule has 1 fully saturated rings. The van der Waals surface area contributed by atoms with Crippen molar-refractivity contribution in [3.63, 3.8) is 0 Å². The summed E-state index contributed by atoms with van der Waals surface area (Å²) in [7, 11) is 0. The van der Waals surface area contributed by atoms with E-state index in [2.05, 4.69) is 13.8 Å². The van der Waals surface area contributed by atoms with E-state index in [0.717, 1.165) is 19.3 Å². The number of carboxylic acid groups (broad SMARTS) is 1. The summed E-state index contributed by atoms with van der Waals surface area (Å²) in [6.07, 6.45) is 2.65. The van der Waals surface area contributed by atoms with Crippen LogP contribution in [0, 0.1) is 5.41 Å². The van der Waals surface area contributed by atoms with E-state index in [1.54, 1.807) is 4.90 Å². The smallest absolute Gasteiger partial charge is 0.312 e. The van der Waals surface area contributed by atoms with Crippen molar-refractivity contribution >= 4 is 11.9 Å². The van der Waals surface area contributed by atoms with Crippen LogP contribution in [0.5, 0.6) is 0 Å². The van der Waals surface area contributed by atoms with Gasteiger partial charge < -0.3 is 10.0 Å². The lowest BCUT2D eigenvalue weighted by Gasteiger charge is -2.23. The van der Waals surface area contributed by atoms with Crippen LogP contribution >= 0.6 is 0 Å². The highest BCUT2D eigenvalue weighted by molar-refractivity contribution is 5.93. The molecule has 1 rings (SSSR count). The normalized spacial score (nSPS) is 20.8. The second-order valence-corrected chi connectivity index (χ2v) is 4.97. The Bertz CT molecular complexity index is 261. The first-order valence-corrected chi connectivity index (χ1v) is 5.40. The van der Waals surface area contributed by atoms with Gasteiger partial charge in [-0.2, -0.15) is 0 Å². The van der Waals surface area contributed by atoms with Crippen LogP contribution in [0.1, 0.15) is 39.5 Å². The second kappa shape index (κ2) is 4.64. The predicted molar refractivity (Wildman–Crippen MR) is 56.5 cm³/mol. The zero-order valence-corrected chi connectivity index (χ0v) is 9.45. The minimum Gasteiger partial charge on any atom is -0.481 e. The Morgan fingerprint density at radius 3 is 2.53 bits per heavy atom. The lowest BCUT2D eigenvalue weighted by Crippen LogP contribution is -2.33. The van der Waals surface area contributed by atoms with Gasteiger partial charge in [-0.05, 0) is 24.7 Å². The zero-order valence-electron chi connectivity index (χ0n) is 9.45. The highest BCUT2D eigenvalue weighted by Crippen LogP contribution is 2.29. The van der Waals surface area contributed by atoms with Crippen LogP contribution in [0.25, 0.3) is 0 Å². The first-order valence-electron chi connectivity index (χ1n) is 5.40. The highest BCUT2D eigenvalue weighted by Gasteiger charge is 2.25. The molecule has 0 bridgehead atoms. The molecule has 0 aromatic carbocycles. The minimum absolute atomic E-state index is 0.250. The Balaban J connectivity index is 2.50. The maximum atomic E-state index is 11.5. The van der Waals surface area contributed by atoms with Crippen molar-refractivity contribution in [2.45, 2.75) is 39.5 Å². The van der Waals surface area contributed by atoms with Crippen molar-refractivity contribution in [2.75, 3.05) is 13.1 Å². The van der Waals surface area contributed by atoms with Crippen molar-refractivity contribution in [3.05, 3.63) is 0 Å². The first-order chi connectivity index (χ1) is 6.91.